The van der Waals surface area contributed by atoms with E-state index >= 15 is 0 Å². The van der Waals surface area contributed by atoms with Crippen LogP contribution in [0.5, 0.6) is 0 Å². The first-order valence-corrected chi connectivity index (χ1v) is 5.01. The second-order valence-electron chi connectivity index (χ2n) is 2.38. The molecule has 0 aliphatic rings. The molecule has 0 atom stereocenters. The van der Waals surface area contributed by atoms with Gasteiger partial charge in [0.25, 0.3) is 0 Å². The molecular weight excluding hydrogens is 196 g/mol. The molecule has 0 N–H and O–H groups in total. The van der Waals surface area contributed by atoms with Crippen LogP contribution in [0.4, 0.5) is 0 Å². The van der Waals surface area contributed by atoms with Crippen molar-refractivity contribution < 1.29 is 21.6 Å². The summed E-state index contributed by atoms with van der Waals surface area (Å²) in [4.78, 5) is 10.7. The first-order chi connectivity index (χ1) is 5.89. The Morgan fingerprint density at radius 3 is 2.38 bits per heavy atom. The van der Waals surface area contributed by atoms with E-state index in [4.69, 9.17) is 0 Å². The highest BCUT2D eigenvalue weighted by molar-refractivity contribution is 7.82. The van der Waals surface area contributed by atoms with Crippen molar-refractivity contribution >= 4 is 16.4 Å². The lowest BCUT2D eigenvalue weighted by Crippen LogP contribution is -2.16. The van der Waals surface area contributed by atoms with E-state index in [1.165, 1.54) is 6.92 Å². The normalized spacial score (nSPS) is 10.9. The van der Waals surface area contributed by atoms with E-state index < -0.39 is 16.4 Å². The van der Waals surface area contributed by atoms with Crippen LogP contribution in [0.2, 0.25) is 0 Å². The third kappa shape index (κ3) is 5.37. The van der Waals surface area contributed by atoms with Gasteiger partial charge in [-0.1, -0.05) is 13.5 Å². The van der Waals surface area contributed by atoms with Crippen LogP contribution < -0.4 is 0 Å². The molecule has 0 heterocycles. The molecule has 5 nitrogen and oxygen atoms in total. The number of carbonyl (C=O) groups excluding carboxylic acids is 1. The fourth-order valence-electron chi connectivity index (χ4n) is 0.373. The van der Waals surface area contributed by atoms with E-state index in [0.717, 1.165) is 0 Å². The van der Waals surface area contributed by atoms with E-state index in [9.17, 15) is 13.2 Å². The van der Waals surface area contributed by atoms with Gasteiger partial charge in [0.05, 0.1) is 6.61 Å². The van der Waals surface area contributed by atoms with E-state index in [2.05, 4.69) is 14.9 Å². The Morgan fingerprint density at radius 2 is 2.00 bits per heavy atom. The summed E-state index contributed by atoms with van der Waals surface area (Å²) in [6, 6.07) is 0. The molecule has 0 fully saturated rings. The van der Waals surface area contributed by atoms with Crippen molar-refractivity contribution in [3.05, 3.63) is 12.2 Å². The molecule has 76 valence electrons. The molecule has 0 radical (unpaired) electrons. The SMILES string of the molecule is C=C(C)C(=O)OS(=O)(=O)OCCC. The van der Waals surface area contributed by atoms with Crippen molar-refractivity contribution in [2.75, 3.05) is 6.61 Å². The molecule has 0 aromatic rings. The van der Waals surface area contributed by atoms with Gasteiger partial charge < -0.3 is 4.18 Å². The molecule has 0 aliphatic heterocycles. The molecule has 0 spiro atoms. The summed E-state index contributed by atoms with van der Waals surface area (Å²) in [7, 11) is -4.20. The van der Waals surface area contributed by atoms with Crippen molar-refractivity contribution in [2.24, 2.45) is 0 Å². The summed E-state index contributed by atoms with van der Waals surface area (Å²) in [5.74, 6) is -1.00. The molecule has 13 heavy (non-hydrogen) atoms. The van der Waals surface area contributed by atoms with Gasteiger partial charge in [0.2, 0.25) is 0 Å². The summed E-state index contributed by atoms with van der Waals surface area (Å²) in [5, 5.41) is 0. The van der Waals surface area contributed by atoms with Gasteiger partial charge in [-0.25, -0.2) is 8.98 Å². The third-order valence-corrected chi connectivity index (χ3v) is 1.77. The highest BCUT2D eigenvalue weighted by atomic mass is 32.3. The van der Waals surface area contributed by atoms with Crippen LogP contribution in [-0.4, -0.2) is 21.0 Å². The Labute approximate surface area is 77.7 Å². The molecular formula is C7H12O5S. The number of hydrogen-bond acceptors (Lipinski definition) is 5. The minimum atomic E-state index is -4.20. The third-order valence-electron chi connectivity index (χ3n) is 0.958. The predicted molar refractivity (Wildman–Crippen MR) is 46.1 cm³/mol. The van der Waals surface area contributed by atoms with Gasteiger partial charge in [-0.15, -0.1) is 0 Å². The molecule has 0 bridgehead atoms. The van der Waals surface area contributed by atoms with Crippen molar-refractivity contribution in [1.82, 2.24) is 0 Å². The fraction of sp³-hybridized carbons (Fsp3) is 0.571. The standard InChI is InChI=1S/C7H12O5S/c1-4-5-11-13(9,10)12-7(8)6(2)3/h2,4-5H2,1,3H3. The molecule has 0 aromatic heterocycles. The lowest BCUT2D eigenvalue weighted by molar-refractivity contribution is -0.130. The van der Waals surface area contributed by atoms with Crippen molar-refractivity contribution in [1.29, 1.82) is 0 Å². The summed E-state index contributed by atoms with van der Waals surface area (Å²) >= 11 is 0. The molecule has 0 saturated carbocycles. The van der Waals surface area contributed by atoms with Gasteiger partial charge in [0.15, 0.2) is 0 Å². The van der Waals surface area contributed by atoms with Crippen LogP contribution in [0, 0.1) is 0 Å². The zero-order chi connectivity index (χ0) is 10.5. The van der Waals surface area contributed by atoms with Crippen molar-refractivity contribution in [3.63, 3.8) is 0 Å². The maximum atomic E-state index is 10.8. The summed E-state index contributed by atoms with van der Waals surface area (Å²) in [6.45, 7) is 6.29. The van der Waals surface area contributed by atoms with E-state index in [0.29, 0.717) is 6.42 Å². The smallest absolute Gasteiger partial charge is 0.320 e. The Hall–Kier alpha value is -0.880. The van der Waals surface area contributed by atoms with Crippen LogP contribution in [0.15, 0.2) is 12.2 Å². The predicted octanol–water partition coefficient (Wildman–Crippen LogP) is 0.777. The van der Waals surface area contributed by atoms with Crippen LogP contribution in [0.3, 0.4) is 0 Å². The minimum absolute atomic E-state index is 0.00340. The molecule has 6 heteroatoms. The molecule has 0 unspecified atom stereocenters. The number of hydrogen-bond donors (Lipinski definition) is 0. The fourth-order valence-corrected chi connectivity index (χ4v) is 1.12. The molecule has 0 amide bonds. The van der Waals surface area contributed by atoms with Crippen molar-refractivity contribution in [2.45, 2.75) is 20.3 Å². The zero-order valence-electron chi connectivity index (χ0n) is 7.57. The number of rotatable bonds is 5. The highest BCUT2D eigenvalue weighted by Crippen LogP contribution is 2.01. The highest BCUT2D eigenvalue weighted by Gasteiger charge is 2.17. The molecule has 0 saturated heterocycles. The van der Waals surface area contributed by atoms with E-state index in [1.54, 1.807) is 6.92 Å². The van der Waals surface area contributed by atoms with Crippen LogP contribution in [-0.2, 0) is 23.6 Å². The minimum Gasteiger partial charge on any atom is -0.320 e. The average Bonchev–Trinajstić information content (AvgIpc) is 2.00. The van der Waals surface area contributed by atoms with E-state index in [-0.39, 0.29) is 12.2 Å². The first-order valence-electron chi connectivity index (χ1n) is 3.67. The lowest BCUT2D eigenvalue weighted by atomic mass is 10.4. The Balaban J connectivity index is 4.18. The summed E-state index contributed by atoms with van der Waals surface area (Å²) in [6.07, 6.45) is 0.518. The van der Waals surface area contributed by atoms with Crippen LogP contribution in [0.25, 0.3) is 0 Å². The molecule has 0 rings (SSSR count). The second kappa shape index (κ2) is 4.98. The van der Waals surface area contributed by atoms with E-state index in [1.807, 2.05) is 0 Å². The van der Waals surface area contributed by atoms with Gasteiger partial charge in [-0.3, -0.25) is 0 Å². The number of carbonyl (C=O) groups is 1. The Kier molecular flexibility index (Phi) is 4.64. The topological polar surface area (TPSA) is 69.7 Å². The Bertz CT molecular complexity index is 290. The lowest BCUT2D eigenvalue weighted by Gasteiger charge is -2.03. The van der Waals surface area contributed by atoms with Gasteiger partial charge in [-0.05, 0) is 13.3 Å². The van der Waals surface area contributed by atoms with Crippen molar-refractivity contribution in [3.8, 4) is 0 Å². The second-order valence-corrected chi connectivity index (χ2v) is 3.60. The monoisotopic (exact) mass is 208 g/mol. The molecule has 0 aromatic carbocycles. The summed E-state index contributed by atoms with van der Waals surface area (Å²) in [5.41, 5.74) is 0.00340. The zero-order valence-corrected chi connectivity index (χ0v) is 8.39. The first kappa shape index (κ1) is 12.1. The van der Waals surface area contributed by atoms with Crippen LogP contribution in [0.1, 0.15) is 20.3 Å². The van der Waals surface area contributed by atoms with Gasteiger partial charge in [-0.2, -0.15) is 8.42 Å². The van der Waals surface area contributed by atoms with Gasteiger partial charge >= 0.3 is 16.4 Å². The quantitative estimate of drug-likeness (QED) is 0.624. The van der Waals surface area contributed by atoms with Crippen LogP contribution >= 0.6 is 0 Å². The largest absolute Gasteiger partial charge is 0.451 e. The Morgan fingerprint density at radius 1 is 1.46 bits per heavy atom. The van der Waals surface area contributed by atoms with Gasteiger partial charge in [0.1, 0.15) is 0 Å². The maximum absolute atomic E-state index is 10.8. The summed E-state index contributed by atoms with van der Waals surface area (Å²) < 4.78 is 29.9. The van der Waals surface area contributed by atoms with Gasteiger partial charge in [0, 0.05) is 5.57 Å². The molecule has 0 aliphatic carbocycles. The maximum Gasteiger partial charge on any atom is 0.451 e. The average molecular weight is 208 g/mol.